The highest BCUT2D eigenvalue weighted by Gasteiger charge is 2.51. The fourth-order valence-electron chi connectivity index (χ4n) is 2.98. The molecule has 0 unspecified atom stereocenters. The quantitative estimate of drug-likeness (QED) is 0.580. The highest BCUT2D eigenvalue weighted by molar-refractivity contribution is 6.62. The topological polar surface area (TPSA) is 18.5 Å². The highest BCUT2D eigenvalue weighted by atomic mass is 16.7. The van der Waals surface area contributed by atoms with Crippen molar-refractivity contribution in [1.82, 2.24) is 0 Å². The molecule has 2 aromatic rings. The molecule has 1 aliphatic rings. The van der Waals surface area contributed by atoms with E-state index in [9.17, 15) is 0 Å². The van der Waals surface area contributed by atoms with Crippen molar-refractivity contribution in [3.05, 3.63) is 65.2 Å². The Balaban J connectivity index is 1.66. The van der Waals surface area contributed by atoms with Gasteiger partial charge < -0.3 is 9.31 Å². The van der Waals surface area contributed by atoms with E-state index in [1.165, 1.54) is 18.4 Å². The van der Waals surface area contributed by atoms with E-state index in [4.69, 9.17) is 9.31 Å². The van der Waals surface area contributed by atoms with E-state index < -0.39 is 0 Å². The Hall–Kier alpha value is -2.02. The normalized spacial score (nSPS) is 17.4. The molecule has 27 heavy (non-hydrogen) atoms. The zero-order chi connectivity index (χ0) is 19.5. The predicted octanol–water partition coefficient (Wildman–Crippen LogP) is 4.73. The van der Waals surface area contributed by atoms with Crippen LogP contribution in [0, 0.1) is 11.8 Å². The van der Waals surface area contributed by atoms with Gasteiger partial charge in [-0.2, -0.15) is 0 Å². The van der Waals surface area contributed by atoms with Crippen molar-refractivity contribution in [1.29, 1.82) is 0 Å². The molecule has 1 saturated heterocycles. The molecule has 0 N–H and O–H groups in total. The van der Waals surface area contributed by atoms with Crippen molar-refractivity contribution >= 4 is 12.6 Å². The first kappa shape index (κ1) is 19.7. The molecule has 0 aromatic heterocycles. The lowest BCUT2D eigenvalue weighted by molar-refractivity contribution is 0.00578. The van der Waals surface area contributed by atoms with E-state index in [0.717, 1.165) is 23.0 Å². The summed E-state index contributed by atoms with van der Waals surface area (Å²) in [7, 11) is -0.326. The SMILES string of the molecule is CCCCc1ccc(C#Cc2ccc(B3OC(C)(C)C(C)(C)O3)cc2)cc1. The zero-order valence-corrected chi connectivity index (χ0v) is 17.1. The van der Waals surface area contributed by atoms with E-state index in [0.29, 0.717) is 0 Å². The van der Waals surface area contributed by atoms with Gasteiger partial charge in [0.2, 0.25) is 0 Å². The number of hydrogen-bond acceptors (Lipinski definition) is 2. The van der Waals surface area contributed by atoms with Gasteiger partial charge in [0.15, 0.2) is 0 Å². The monoisotopic (exact) mass is 360 g/mol. The summed E-state index contributed by atoms with van der Waals surface area (Å²) < 4.78 is 12.2. The van der Waals surface area contributed by atoms with Crippen LogP contribution in [0.4, 0.5) is 0 Å². The fourth-order valence-corrected chi connectivity index (χ4v) is 2.98. The van der Waals surface area contributed by atoms with Crippen LogP contribution in [0.2, 0.25) is 0 Å². The van der Waals surface area contributed by atoms with E-state index in [1.807, 2.05) is 24.3 Å². The van der Waals surface area contributed by atoms with Gasteiger partial charge in [0.1, 0.15) is 0 Å². The van der Waals surface area contributed by atoms with Gasteiger partial charge in [-0.25, -0.2) is 0 Å². The fraction of sp³-hybridized carbons (Fsp3) is 0.417. The summed E-state index contributed by atoms with van der Waals surface area (Å²) in [5.74, 6) is 6.49. The van der Waals surface area contributed by atoms with Crippen molar-refractivity contribution in [3.63, 3.8) is 0 Å². The van der Waals surface area contributed by atoms with E-state index in [1.54, 1.807) is 0 Å². The number of aryl methyl sites for hydroxylation is 1. The van der Waals surface area contributed by atoms with Crippen LogP contribution in [-0.4, -0.2) is 18.3 Å². The molecule has 3 rings (SSSR count). The summed E-state index contributed by atoms with van der Waals surface area (Å²) in [5.41, 5.74) is 3.81. The largest absolute Gasteiger partial charge is 0.494 e. The molecule has 1 aliphatic heterocycles. The second-order valence-electron chi connectivity index (χ2n) is 8.26. The van der Waals surface area contributed by atoms with Gasteiger partial charge in [-0.15, -0.1) is 0 Å². The summed E-state index contributed by atoms with van der Waals surface area (Å²) in [5, 5.41) is 0. The van der Waals surface area contributed by atoms with Crippen LogP contribution in [-0.2, 0) is 15.7 Å². The molecule has 3 heteroatoms. The summed E-state index contributed by atoms with van der Waals surface area (Å²) in [6, 6.07) is 16.7. The van der Waals surface area contributed by atoms with E-state index in [2.05, 4.69) is 70.7 Å². The molecule has 1 heterocycles. The lowest BCUT2D eigenvalue weighted by atomic mass is 9.79. The van der Waals surface area contributed by atoms with Crippen molar-refractivity contribution in [2.45, 2.75) is 65.1 Å². The number of rotatable bonds is 4. The molecule has 140 valence electrons. The summed E-state index contributed by atoms with van der Waals surface area (Å²) >= 11 is 0. The molecule has 0 bridgehead atoms. The smallest absolute Gasteiger partial charge is 0.399 e. The van der Waals surface area contributed by atoms with Crippen molar-refractivity contribution in [3.8, 4) is 11.8 Å². The average Bonchev–Trinajstić information content (AvgIpc) is 2.87. The zero-order valence-electron chi connectivity index (χ0n) is 17.1. The van der Waals surface area contributed by atoms with Gasteiger partial charge in [0, 0.05) is 11.1 Å². The Morgan fingerprint density at radius 1 is 0.778 bits per heavy atom. The van der Waals surface area contributed by atoms with Crippen LogP contribution in [0.15, 0.2) is 48.5 Å². The molecule has 0 atom stereocenters. The summed E-state index contributed by atoms with van der Waals surface area (Å²) in [6.07, 6.45) is 3.61. The summed E-state index contributed by atoms with van der Waals surface area (Å²) in [4.78, 5) is 0. The van der Waals surface area contributed by atoms with Gasteiger partial charge >= 0.3 is 7.12 Å². The van der Waals surface area contributed by atoms with Crippen LogP contribution in [0.3, 0.4) is 0 Å². The highest BCUT2D eigenvalue weighted by Crippen LogP contribution is 2.36. The third-order valence-electron chi connectivity index (χ3n) is 5.56. The number of benzene rings is 2. The molecule has 0 saturated carbocycles. The molecule has 2 aromatic carbocycles. The van der Waals surface area contributed by atoms with Crippen LogP contribution in [0.1, 0.15) is 64.2 Å². The Morgan fingerprint density at radius 3 is 1.74 bits per heavy atom. The Labute approximate surface area is 164 Å². The van der Waals surface area contributed by atoms with Gasteiger partial charge in [0.25, 0.3) is 0 Å². The lowest BCUT2D eigenvalue weighted by Gasteiger charge is -2.32. The molecule has 0 aliphatic carbocycles. The Kier molecular flexibility index (Phi) is 5.79. The minimum Gasteiger partial charge on any atom is -0.399 e. The number of unbranched alkanes of at least 4 members (excludes halogenated alkanes) is 1. The molecular weight excluding hydrogens is 331 g/mol. The second-order valence-corrected chi connectivity index (χ2v) is 8.26. The minimum atomic E-state index is -0.326. The van der Waals surface area contributed by atoms with Crippen molar-refractivity contribution in [2.24, 2.45) is 0 Å². The Bertz CT molecular complexity index is 807. The van der Waals surface area contributed by atoms with Crippen LogP contribution in [0.25, 0.3) is 0 Å². The van der Waals surface area contributed by atoms with Gasteiger partial charge in [-0.05, 0) is 75.8 Å². The first-order chi connectivity index (χ1) is 12.8. The van der Waals surface area contributed by atoms with Crippen molar-refractivity contribution in [2.75, 3.05) is 0 Å². The molecular formula is C24H29BO2. The molecule has 2 nitrogen and oxygen atoms in total. The Morgan fingerprint density at radius 2 is 1.26 bits per heavy atom. The predicted molar refractivity (Wildman–Crippen MR) is 113 cm³/mol. The first-order valence-electron chi connectivity index (χ1n) is 9.87. The molecule has 0 spiro atoms. The third-order valence-corrected chi connectivity index (χ3v) is 5.56. The second kappa shape index (κ2) is 7.93. The maximum absolute atomic E-state index is 6.10. The maximum atomic E-state index is 6.10. The van der Waals surface area contributed by atoms with Gasteiger partial charge in [-0.3, -0.25) is 0 Å². The minimum absolute atomic E-state index is 0.320. The van der Waals surface area contributed by atoms with Crippen LogP contribution >= 0.6 is 0 Å². The lowest BCUT2D eigenvalue weighted by Crippen LogP contribution is -2.41. The summed E-state index contributed by atoms with van der Waals surface area (Å²) in [6.45, 7) is 10.5. The standard InChI is InChI=1S/C24H29BO2/c1-6-7-8-19-9-11-20(12-10-19)13-14-21-15-17-22(18-16-21)25-26-23(2,3)24(4,5)27-25/h9-12,15-18H,6-8H2,1-5H3. The van der Waals surface area contributed by atoms with Gasteiger partial charge in [-0.1, -0.05) is 49.5 Å². The molecule has 1 fully saturated rings. The molecule has 0 amide bonds. The van der Waals surface area contributed by atoms with Crippen LogP contribution < -0.4 is 5.46 Å². The number of hydrogen-bond donors (Lipinski definition) is 0. The first-order valence-corrected chi connectivity index (χ1v) is 9.87. The maximum Gasteiger partial charge on any atom is 0.494 e. The van der Waals surface area contributed by atoms with Crippen molar-refractivity contribution < 1.29 is 9.31 Å². The average molecular weight is 360 g/mol. The van der Waals surface area contributed by atoms with E-state index >= 15 is 0 Å². The van der Waals surface area contributed by atoms with Gasteiger partial charge in [0.05, 0.1) is 11.2 Å². The third kappa shape index (κ3) is 4.64. The van der Waals surface area contributed by atoms with E-state index in [-0.39, 0.29) is 18.3 Å². The van der Waals surface area contributed by atoms with Crippen LogP contribution in [0.5, 0.6) is 0 Å². The molecule has 0 radical (unpaired) electrons.